The highest BCUT2D eigenvalue weighted by atomic mass is 16.6. The number of anilines is 3. The van der Waals surface area contributed by atoms with Gasteiger partial charge in [-0.1, -0.05) is 146 Å². The van der Waals surface area contributed by atoms with E-state index in [-0.39, 0.29) is 0 Å². The molecule has 1 aliphatic carbocycles. The number of benzene rings is 9. The molecule has 0 spiro atoms. The molecule has 0 bridgehead atoms. The van der Waals surface area contributed by atoms with Gasteiger partial charge in [0.2, 0.25) is 0 Å². The largest absolute Gasteiger partial charge is 0.456 e. The van der Waals surface area contributed by atoms with Crippen molar-refractivity contribution < 1.29 is 13.9 Å². The highest BCUT2D eigenvalue weighted by Gasteiger charge is 2.48. The Morgan fingerprint density at radius 3 is 1.68 bits per heavy atom. The predicted octanol–water partition coefficient (Wildman–Crippen LogP) is 15.0. The standard InChI is InChI=1S/C55H35NO3/c1-4-14-36(15-5-1)37-24-26-38(27-25-37)55(46-21-11-10-20-45(46)53-47(55)32-33-50-54(53)59-49-23-13-12-22-48(49)57-50)39-28-30-43-44-31-29-42(35-52(44)58-51(43)34-39)56(40-16-6-2-7-17-40)41-18-8-3-9-19-41/h1-35H. The lowest BCUT2D eigenvalue weighted by atomic mass is 9.67. The summed E-state index contributed by atoms with van der Waals surface area (Å²) in [4.78, 5) is 2.27. The molecular formula is C55H35NO3. The van der Waals surface area contributed by atoms with Crippen molar-refractivity contribution in [1.82, 2.24) is 0 Å². The van der Waals surface area contributed by atoms with Crippen LogP contribution in [0, 0.1) is 0 Å². The van der Waals surface area contributed by atoms with Crippen LogP contribution in [0.5, 0.6) is 23.0 Å². The van der Waals surface area contributed by atoms with E-state index in [2.05, 4.69) is 181 Å². The van der Waals surface area contributed by atoms with Crippen LogP contribution in [-0.2, 0) is 5.41 Å². The Morgan fingerprint density at radius 2 is 0.949 bits per heavy atom. The monoisotopic (exact) mass is 757 g/mol. The molecule has 1 atom stereocenters. The predicted molar refractivity (Wildman–Crippen MR) is 238 cm³/mol. The van der Waals surface area contributed by atoms with Crippen LogP contribution in [0.4, 0.5) is 17.1 Å². The molecular weight excluding hydrogens is 723 g/mol. The van der Waals surface area contributed by atoms with Gasteiger partial charge in [0.15, 0.2) is 23.0 Å². The molecule has 1 aliphatic heterocycles. The summed E-state index contributed by atoms with van der Waals surface area (Å²) in [5, 5.41) is 2.14. The lowest BCUT2D eigenvalue weighted by Crippen LogP contribution is -2.28. The van der Waals surface area contributed by atoms with Crippen molar-refractivity contribution in [2.24, 2.45) is 0 Å². The van der Waals surface area contributed by atoms with E-state index in [9.17, 15) is 0 Å². The van der Waals surface area contributed by atoms with Gasteiger partial charge in [-0.15, -0.1) is 0 Å². The van der Waals surface area contributed by atoms with E-state index in [0.717, 1.165) is 72.6 Å². The molecule has 1 unspecified atom stereocenters. The van der Waals surface area contributed by atoms with Crippen molar-refractivity contribution in [3.8, 4) is 45.3 Å². The molecule has 0 fully saturated rings. The van der Waals surface area contributed by atoms with E-state index >= 15 is 0 Å². The Morgan fingerprint density at radius 1 is 0.373 bits per heavy atom. The van der Waals surface area contributed by atoms with E-state index in [1.54, 1.807) is 0 Å². The van der Waals surface area contributed by atoms with Gasteiger partial charge in [-0.25, -0.2) is 0 Å². The zero-order valence-corrected chi connectivity index (χ0v) is 31.9. The van der Waals surface area contributed by atoms with Crippen LogP contribution in [0.15, 0.2) is 217 Å². The molecule has 0 saturated heterocycles. The Kier molecular flexibility index (Phi) is 7.41. The van der Waals surface area contributed by atoms with Gasteiger partial charge in [0.25, 0.3) is 0 Å². The Hall–Kier alpha value is -7.82. The number of hydrogen-bond acceptors (Lipinski definition) is 4. The van der Waals surface area contributed by atoms with E-state index < -0.39 is 5.41 Å². The summed E-state index contributed by atoms with van der Waals surface area (Å²) in [5.74, 6) is 2.85. The molecule has 4 heteroatoms. The number of hydrogen-bond donors (Lipinski definition) is 0. The Balaban J connectivity index is 1.07. The normalized spacial score (nSPS) is 14.8. The van der Waals surface area contributed by atoms with Crippen LogP contribution in [0.25, 0.3) is 44.2 Å². The van der Waals surface area contributed by atoms with Gasteiger partial charge in [0.1, 0.15) is 11.2 Å². The third kappa shape index (κ3) is 5.10. The number of rotatable bonds is 6. The molecule has 0 saturated carbocycles. The second-order valence-corrected chi connectivity index (χ2v) is 15.2. The van der Waals surface area contributed by atoms with E-state index in [1.807, 2.05) is 36.4 Å². The maximum atomic E-state index is 6.91. The highest BCUT2D eigenvalue weighted by molar-refractivity contribution is 6.07. The van der Waals surface area contributed by atoms with E-state index in [1.165, 1.54) is 16.7 Å². The molecule has 9 aromatic carbocycles. The molecule has 0 N–H and O–H groups in total. The summed E-state index contributed by atoms with van der Waals surface area (Å²) < 4.78 is 20.2. The molecule has 4 nitrogen and oxygen atoms in total. The second kappa shape index (κ2) is 13.1. The molecule has 59 heavy (non-hydrogen) atoms. The molecule has 1 aromatic heterocycles. The third-order valence-corrected chi connectivity index (χ3v) is 12.0. The molecule has 2 aliphatic rings. The minimum atomic E-state index is -0.702. The second-order valence-electron chi connectivity index (χ2n) is 15.2. The summed E-state index contributed by atoms with van der Waals surface area (Å²) in [6.07, 6.45) is 0. The smallest absolute Gasteiger partial charge is 0.178 e. The van der Waals surface area contributed by atoms with Crippen LogP contribution < -0.4 is 14.4 Å². The van der Waals surface area contributed by atoms with Gasteiger partial charge in [0.05, 0.1) is 5.41 Å². The lowest BCUT2D eigenvalue weighted by molar-refractivity contribution is 0.360. The van der Waals surface area contributed by atoms with Crippen molar-refractivity contribution in [2.75, 3.05) is 4.90 Å². The zero-order chi connectivity index (χ0) is 38.9. The number of para-hydroxylation sites is 4. The first-order valence-electron chi connectivity index (χ1n) is 20.0. The lowest BCUT2D eigenvalue weighted by Gasteiger charge is -2.34. The van der Waals surface area contributed by atoms with Crippen LogP contribution in [-0.4, -0.2) is 0 Å². The first-order chi connectivity index (χ1) is 29.2. The summed E-state index contributed by atoms with van der Waals surface area (Å²) in [6.45, 7) is 0. The minimum absolute atomic E-state index is 0.702. The van der Waals surface area contributed by atoms with Gasteiger partial charge < -0.3 is 18.8 Å². The van der Waals surface area contributed by atoms with Crippen molar-refractivity contribution in [3.05, 3.63) is 235 Å². The number of furan rings is 1. The number of fused-ring (bicyclic) bond motifs is 9. The maximum absolute atomic E-state index is 6.91. The SMILES string of the molecule is c1ccc(-c2ccc(C3(c4ccc5c(c4)oc4cc(N(c6ccccc6)c6ccccc6)ccc45)c4ccccc4-c4c3ccc3c4Oc4ccccc4O3)cc2)cc1. The molecule has 0 amide bonds. The van der Waals surface area contributed by atoms with Gasteiger partial charge in [-0.05, 0) is 99.6 Å². The summed E-state index contributed by atoms with van der Waals surface area (Å²) in [6, 6.07) is 74.8. The number of nitrogens with zero attached hydrogens (tertiary/aromatic N) is 1. The topological polar surface area (TPSA) is 34.8 Å². The highest BCUT2D eigenvalue weighted by Crippen LogP contribution is 2.62. The Labute approximate surface area is 341 Å². The van der Waals surface area contributed by atoms with Crippen LogP contribution in [0.1, 0.15) is 22.3 Å². The van der Waals surface area contributed by atoms with Crippen molar-refractivity contribution >= 4 is 39.0 Å². The van der Waals surface area contributed by atoms with Crippen molar-refractivity contribution in [2.45, 2.75) is 5.41 Å². The van der Waals surface area contributed by atoms with Gasteiger partial charge in [-0.3, -0.25) is 0 Å². The quantitative estimate of drug-likeness (QED) is 0.169. The fourth-order valence-electron chi connectivity index (χ4n) is 9.42. The summed E-state index contributed by atoms with van der Waals surface area (Å²) >= 11 is 0. The first kappa shape index (κ1) is 33.3. The van der Waals surface area contributed by atoms with Crippen LogP contribution in [0.3, 0.4) is 0 Å². The van der Waals surface area contributed by atoms with Crippen LogP contribution in [0.2, 0.25) is 0 Å². The summed E-state index contributed by atoms with van der Waals surface area (Å²) in [5.41, 5.74) is 13.2. The molecule has 12 rings (SSSR count). The minimum Gasteiger partial charge on any atom is -0.456 e. The fourth-order valence-corrected chi connectivity index (χ4v) is 9.42. The first-order valence-corrected chi connectivity index (χ1v) is 20.0. The third-order valence-electron chi connectivity index (χ3n) is 12.0. The van der Waals surface area contributed by atoms with Gasteiger partial charge in [-0.2, -0.15) is 0 Å². The van der Waals surface area contributed by atoms with Crippen LogP contribution >= 0.6 is 0 Å². The number of ether oxygens (including phenoxy) is 2. The molecule has 10 aromatic rings. The van der Waals surface area contributed by atoms with E-state index in [0.29, 0.717) is 17.2 Å². The Bertz CT molecular complexity index is 3170. The zero-order valence-electron chi connectivity index (χ0n) is 31.9. The van der Waals surface area contributed by atoms with Crippen molar-refractivity contribution in [1.29, 1.82) is 0 Å². The molecule has 2 heterocycles. The van der Waals surface area contributed by atoms with E-state index in [4.69, 9.17) is 13.9 Å². The average molecular weight is 758 g/mol. The maximum Gasteiger partial charge on any atom is 0.178 e. The van der Waals surface area contributed by atoms with Gasteiger partial charge >= 0.3 is 0 Å². The van der Waals surface area contributed by atoms with Gasteiger partial charge in [0, 0.05) is 39.5 Å². The fraction of sp³-hybridized carbons (Fsp3) is 0.0182. The average Bonchev–Trinajstić information content (AvgIpc) is 3.83. The van der Waals surface area contributed by atoms with Crippen molar-refractivity contribution in [3.63, 3.8) is 0 Å². The molecule has 0 radical (unpaired) electrons. The summed E-state index contributed by atoms with van der Waals surface area (Å²) in [7, 11) is 0. The molecule has 278 valence electrons.